The molecule has 0 heterocycles. The summed E-state index contributed by atoms with van der Waals surface area (Å²) >= 11 is 0. The zero-order valence-corrected chi connectivity index (χ0v) is 19.6. The third-order valence-corrected chi connectivity index (χ3v) is 7.48. The lowest BCUT2D eigenvalue weighted by Crippen LogP contribution is -2.09. The summed E-state index contributed by atoms with van der Waals surface area (Å²) in [5.74, 6) is 0. The number of hydrogen-bond acceptors (Lipinski definition) is 2. The van der Waals surface area contributed by atoms with Gasteiger partial charge in [0.1, 0.15) is 0 Å². The van der Waals surface area contributed by atoms with Gasteiger partial charge in [-0.1, -0.05) is 74.5 Å². The standard InChI is InChI=1S/C31H16O2.C2H6/c32-30-20-8-3-1-2-6-18(20)24-14-16-11-13-23-29-25(19-7-4-5-9-21(19)31(23)33)15-17-10-12-22(30)28(24)26(17)27(16)29;1-2/h2-15H,1H2;1-2H3. The molecule has 7 aromatic carbocycles. The van der Waals surface area contributed by atoms with Crippen molar-refractivity contribution >= 4 is 76.8 Å². The predicted molar refractivity (Wildman–Crippen MR) is 152 cm³/mol. The Morgan fingerprint density at radius 2 is 1.09 bits per heavy atom. The molecule has 0 aliphatic heterocycles. The van der Waals surface area contributed by atoms with Crippen LogP contribution in [0.1, 0.15) is 31.4 Å². The summed E-state index contributed by atoms with van der Waals surface area (Å²) in [7, 11) is 0. The fraction of sp³-hybridized carbons (Fsp3) is 0.0909. The van der Waals surface area contributed by atoms with Crippen molar-refractivity contribution in [1.82, 2.24) is 0 Å². The van der Waals surface area contributed by atoms with Gasteiger partial charge in [0.2, 0.25) is 0 Å². The fourth-order valence-electron chi connectivity index (χ4n) is 6.10. The second-order valence-corrected chi connectivity index (χ2v) is 9.09. The molecule has 2 nitrogen and oxygen atoms in total. The van der Waals surface area contributed by atoms with Crippen molar-refractivity contribution in [2.45, 2.75) is 20.3 Å². The summed E-state index contributed by atoms with van der Waals surface area (Å²) in [6.45, 7) is 4.00. The van der Waals surface area contributed by atoms with E-state index in [0.717, 1.165) is 82.2 Å². The summed E-state index contributed by atoms with van der Waals surface area (Å²) in [6, 6.07) is 20.4. The van der Waals surface area contributed by atoms with Gasteiger partial charge in [-0.15, -0.1) is 0 Å². The van der Waals surface area contributed by atoms with Gasteiger partial charge in [-0.25, -0.2) is 0 Å². The van der Waals surface area contributed by atoms with Crippen LogP contribution in [-0.4, -0.2) is 0 Å². The molecule has 7 aromatic rings. The summed E-state index contributed by atoms with van der Waals surface area (Å²) in [6.07, 6.45) is 9.04. The van der Waals surface area contributed by atoms with Crippen molar-refractivity contribution in [3.8, 4) is 0 Å². The van der Waals surface area contributed by atoms with Crippen molar-refractivity contribution in [2.24, 2.45) is 0 Å². The molecule has 0 atom stereocenters. The van der Waals surface area contributed by atoms with Crippen molar-refractivity contribution < 1.29 is 0 Å². The van der Waals surface area contributed by atoms with E-state index in [2.05, 4.69) is 36.4 Å². The Bertz CT molecular complexity index is 2130. The van der Waals surface area contributed by atoms with Crippen LogP contribution in [-0.2, 0) is 0 Å². The van der Waals surface area contributed by atoms with Gasteiger partial charge >= 0.3 is 0 Å². The van der Waals surface area contributed by atoms with Gasteiger partial charge in [0.15, 0.2) is 10.9 Å². The van der Waals surface area contributed by atoms with E-state index in [4.69, 9.17) is 0 Å². The second-order valence-electron chi connectivity index (χ2n) is 9.09. The molecule has 2 heteroatoms. The van der Waals surface area contributed by atoms with Gasteiger partial charge in [0.05, 0.1) is 0 Å². The van der Waals surface area contributed by atoms with E-state index in [9.17, 15) is 9.59 Å². The molecule has 35 heavy (non-hydrogen) atoms. The molecular formula is C33H22O2. The zero-order valence-electron chi connectivity index (χ0n) is 19.6. The minimum atomic E-state index is 0.0708. The Morgan fingerprint density at radius 3 is 1.80 bits per heavy atom. The van der Waals surface area contributed by atoms with Crippen LogP contribution in [0.3, 0.4) is 0 Å². The molecule has 0 spiro atoms. The van der Waals surface area contributed by atoms with Crippen molar-refractivity contribution in [2.75, 3.05) is 0 Å². The average Bonchev–Trinajstić information content (AvgIpc) is 3.17. The van der Waals surface area contributed by atoms with E-state index in [1.54, 1.807) is 0 Å². The average molecular weight is 451 g/mol. The molecule has 0 saturated heterocycles. The van der Waals surface area contributed by atoms with Crippen LogP contribution in [0.4, 0.5) is 0 Å². The minimum Gasteiger partial charge on any atom is -0.289 e. The van der Waals surface area contributed by atoms with Crippen LogP contribution < -0.4 is 10.9 Å². The maximum absolute atomic E-state index is 13.5. The molecule has 0 unspecified atom stereocenters. The molecule has 0 saturated carbocycles. The van der Waals surface area contributed by atoms with E-state index in [1.165, 1.54) is 0 Å². The highest BCUT2D eigenvalue weighted by Crippen LogP contribution is 2.45. The Labute approximate surface area is 201 Å². The monoisotopic (exact) mass is 450 g/mol. The third-order valence-electron chi connectivity index (χ3n) is 7.48. The number of allylic oxidation sites excluding steroid dienone is 2. The van der Waals surface area contributed by atoms with Crippen molar-refractivity contribution in [1.29, 1.82) is 0 Å². The first kappa shape index (κ1) is 20.1. The first-order chi connectivity index (χ1) is 17.2. The van der Waals surface area contributed by atoms with Gasteiger partial charge in [-0.2, -0.15) is 0 Å². The first-order valence-corrected chi connectivity index (χ1v) is 12.3. The highest BCUT2D eigenvalue weighted by atomic mass is 16.1. The van der Waals surface area contributed by atoms with Crippen LogP contribution in [0.25, 0.3) is 76.8 Å². The summed E-state index contributed by atoms with van der Waals surface area (Å²) in [5.41, 5.74) is 1.91. The Balaban J connectivity index is 0.00000103. The topological polar surface area (TPSA) is 34.1 Å². The molecule has 8 rings (SSSR count). The predicted octanol–water partition coefficient (Wildman–Crippen LogP) is 8.10. The fourth-order valence-corrected chi connectivity index (χ4v) is 6.10. The highest BCUT2D eigenvalue weighted by Gasteiger charge is 2.22. The van der Waals surface area contributed by atoms with E-state index < -0.39 is 0 Å². The molecule has 0 N–H and O–H groups in total. The van der Waals surface area contributed by atoms with E-state index in [-0.39, 0.29) is 10.9 Å². The molecule has 0 amide bonds. The van der Waals surface area contributed by atoms with Gasteiger partial charge < -0.3 is 0 Å². The Kier molecular flexibility index (Phi) is 4.08. The van der Waals surface area contributed by atoms with Gasteiger partial charge in [-0.05, 0) is 74.0 Å². The van der Waals surface area contributed by atoms with E-state index >= 15 is 0 Å². The molecule has 0 radical (unpaired) electrons. The summed E-state index contributed by atoms with van der Waals surface area (Å²) in [5, 5.41) is 11.9. The minimum absolute atomic E-state index is 0.0708. The smallest absolute Gasteiger partial charge is 0.194 e. The SMILES string of the molecule is CC.O=c1c2c(c3cc4ccc5c(=O)c6ccccc6c6cc7ccc1c3c7c4c56)C=CCC=C2. The molecule has 166 valence electrons. The quantitative estimate of drug-likeness (QED) is 0.173. The summed E-state index contributed by atoms with van der Waals surface area (Å²) < 4.78 is 0. The lowest BCUT2D eigenvalue weighted by Gasteiger charge is -2.19. The second kappa shape index (κ2) is 7.10. The molecule has 0 fully saturated rings. The zero-order chi connectivity index (χ0) is 23.8. The van der Waals surface area contributed by atoms with Crippen molar-refractivity contribution in [3.05, 3.63) is 104 Å². The van der Waals surface area contributed by atoms with Gasteiger partial charge in [-0.3, -0.25) is 9.59 Å². The highest BCUT2D eigenvalue weighted by molar-refractivity contribution is 6.39. The third kappa shape index (κ3) is 2.44. The number of benzene rings is 7. The molecule has 0 aromatic heterocycles. The maximum atomic E-state index is 13.5. The normalized spacial score (nSPS) is 13.3. The molecule has 1 aliphatic rings. The van der Waals surface area contributed by atoms with Crippen LogP contribution in [0, 0.1) is 0 Å². The van der Waals surface area contributed by atoms with Crippen LogP contribution >= 0.6 is 0 Å². The van der Waals surface area contributed by atoms with E-state index in [0.29, 0.717) is 0 Å². The lowest BCUT2D eigenvalue weighted by atomic mass is 9.83. The van der Waals surface area contributed by atoms with Gasteiger partial charge in [0.25, 0.3) is 0 Å². The molecule has 0 bridgehead atoms. The Hall–Kier alpha value is -4.30. The van der Waals surface area contributed by atoms with Crippen molar-refractivity contribution in [3.63, 3.8) is 0 Å². The number of rotatable bonds is 0. The van der Waals surface area contributed by atoms with Crippen LogP contribution in [0.5, 0.6) is 0 Å². The Morgan fingerprint density at radius 1 is 0.514 bits per heavy atom. The largest absolute Gasteiger partial charge is 0.289 e. The van der Waals surface area contributed by atoms with Crippen LogP contribution in [0.15, 0.2) is 82.4 Å². The van der Waals surface area contributed by atoms with E-state index in [1.807, 2.05) is 62.4 Å². The number of fused-ring (bicyclic) bond motifs is 4. The van der Waals surface area contributed by atoms with Gasteiger partial charge in [0, 0.05) is 32.5 Å². The summed E-state index contributed by atoms with van der Waals surface area (Å²) in [4.78, 5) is 27.0. The lowest BCUT2D eigenvalue weighted by molar-refractivity contribution is 1.44. The van der Waals surface area contributed by atoms with Crippen LogP contribution in [0.2, 0.25) is 0 Å². The first-order valence-electron chi connectivity index (χ1n) is 12.3. The molecule has 1 aliphatic carbocycles. The molecular weight excluding hydrogens is 428 g/mol. The maximum Gasteiger partial charge on any atom is 0.194 e. The number of hydrogen-bond donors (Lipinski definition) is 0.